The van der Waals surface area contributed by atoms with E-state index in [0.29, 0.717) is 26.4 Å². The van der Waals surface area contributed by atoms with Gasteiger partial charge in [0, 0.05) is 19.8 Å². The van der Waals surface area contributed by atoms with E-state index in [9.17, 15) is 0 Å². The zero-order chi connectivity index (χ0) is 16.3. The second-order valence-corrected chi connectivity index (χ2v) is 7.92. The number of rotatable bonds is 12. The van der Waals surface area contributed by atoms with Crippen LogP contribution in [0.3, 0.4) is 0 Å². The maximum atomic E-state index is 6.12. The van der Waals surface area contributed by atoms with Crippen LogP contribution in [-0.2, 0) is 13.3 Å². The number of hydrogen-bond acceptors (Lipinski definition) is 4. The Balaban J connectivity index is 3.10. The van der Waals surface area contributed by atoms with Gasteiger partial charge in [-0.05, 0) is 45.7 Å². The molecule has 0 aliphatic rings. The highest BCUT2D eigenvalue weighted by Gasteiger charge is 2.49. The molecular weight excluding hydrogens is 294 g/mol. The lowest BCUT2D eigenvalue weighted by Crippen LogP contribution is -2.52. The first kappa shape index (κ1) is 19.3. The van der Waals surface area contributed by atoms with Crippen LogP contribution in [0.1, 0.15) is 51.1 Å². The monoisotopic (exact) mass is 325 g/mol. The Morgan fingerprint density at radius 1 is 0.909 bits per heavy atom. The Hall–Kier alpha value is -0.723. The van der Waals surface area contributed by atoms with Crippen molar-refractivity contribution in [2.75, 3.05) is 26.4 Å². The smallest absolute Gasteiger partial charge is 0.373 e. The SMILES string of the molecule is CCO[Si](OCC)(OCC)C(CCCCN)c1ccccc1. The molecule has 0 radical (unpaired) electrons. The summed E-state index contributed by atoms with van der Waals surface area (Å²) in [7, 11) is -2.76. The average molecular weight is 326 g/mol. The van der Waals surface area contributed by atoms with Gasteiger partial charge in [-0.1, -0.05) is 36.8 Å². The van der Waals surface area contributed by atoms with E-state index >= 15 is 0 Å². The zero-order valence-electron chi connectivity index (χ0n) is 14.2. The molecule has 4 nitrogen and oxygen atoms in total. The predicted molar refractivity (Wildman–Crippen MR) is 92.7 cm³/mol. The van der Waals surface area contributed by atoms with Crippen molar-refractivity contribution in [3.8, 4) is 0 Å². The minimum Gasteiger partial charge on any atom is -0.373 e. The third kappa shape index (κ3) is 5.48. The van der Waals surface area contributed by atoms with Crippen LogP contribution in [0.15, 0.2) is 30.3 Å². The van der Waals surface area contributed by atoms with Crippen LogP contribution in [0.5, 0.6) is 0 Å². The molecule has 1 aromatic carbocycles. The van der Waals surface area contributed by atoms with E-state index in [0.717, 1.165) is 19.3 Å². The Bertz CT molecular complexity index is 372. The summed E-state index contributed by atoms with van der Waals surface area (Å²) in [5.41, 5.74) is 7.06. The molecule has 0 aliphatic carbocycles. The fourth-order valence-electron chi connectivity index (χ4n) is 2.76. The fraction of sp³-hybridized carbons (Fsp3) is 0.647. The van der Waals surface area contributed by atoms with E-state index in [-0.39, 0.29) is 5.54 Å². The maximum absolute atomic E-state index is 6.12. The third-order valence-corrected chi connectivity index (χ3v) is 7.16. The Kier molecular flexibility index (Phi) is 9.59. The van der Waals surface area contributed by atoms with Crippen molar-refractivity contribution in [3.05, 3.63) is 35.9 Å². The lowest BCUT2D eigenvalue weighted by Gasteiger charge is -2.35. The number of hydrogen-bond donors (Lipinski definition) is 1. The molecule has 2 N–H and O–H groups in total. The summed E-state index contributed by atoms with van der Waals surface area (Å²) in [6, 6.07) is 10.5. The van der Waals surface area contributed by atoms with E-state index in [1.54, 1.807) is 0 Å². The zero-order valence-corrected chi connectivity index (χ0v) is 15.2. The van der Waals surface area contributed by atoms with Gasteiger partial charge in [-0.3, -0.25) is 0 Å². The van der Waals surface area contributed by atoms with Gasteiger partial charge < -0.3 is 19.0 Å². The van der Waals surface area contributed by atoms with Gasteiger partial charge in [0.1, 0.15) is 0 Å². The van der Waals surface area contributed by atoms with Crippen molar-refractivity contribution in [1.29, 1.82) is 0 Å². The van der Waals surface area contributed by atoms with Gasteiger partial charge >= 0.3 is 8.80 Å². The molecule has 5 heteroatoms. The van der Waals surface area contributed by atoms with Crippen LogP contribution in [-0.4, -0.2) is 35.2 Å². The molecule has 22 heavy (non-hydrogen) atoms. The molecule has 0 fully saturated rings. The van der Waals surface area contributed by atoms with E-state index < -0.39 is 8.80 Å². The standard InChI is InChI=1S/C17H31NO3Si/c1-4-19-22(20-5-2,21-6-3)17(14-10-11-15-18)16-12-8-7-9-13-16/h7-9,12-13,17H,4-6,10-11,14-15,18H2,1-3H3. The molecule has 0 saturated heterocycles. The van der Waals surface area contributed by atoms with E-state index in [1.165, 1.54) is 5.56 Å². The molecular formula is C17H31NO3Si. The second-order valence-electron chi connectivity index (χ2n) is 5.15. The molecule has 1 unspecified atom stereocenters. The van der Waals surface area contributed by atoms with Crippen molar-refractivity contribution in [3.63, 3.8) is 0 Å². The molecule has 1 rings (SSSR count). The summed E-state index contributed by atoms with van der Waals surface area (Å²) in [5, 5.41) is 0. The van der Waals surface area contributed by atoms with Crippen LogP contribution in [0.2, 0.25) is 0 Å². The Morgan fingerprint density at radius 3 is 1.91 bits per heavy atom. The highest BCUT2D eigenvalue weighted by atomic mass is 28.4. The molecule has 1 aromatic rings. The number of unbranched alkanes of at least 4 members (excludes halogenated alkanes) is 1. The van der Waals surface area contributed by atoms with Crippen molar-refractivity contribution < 1.29 is 13.3 Å². The first-order chi connectivity index (χ1) is 10.7. The van der Waals surface area contributed by atoms with Gasteiger partial charge in [0.05, 0.1) is 5.54 Å². The van der Waals surface area contributed by atoms with E-state index in [4.69, 9.17) is 19.0 Å². The molecule has 0 bridgehead atoms. The lowest BCUT2D eigenvalue weighted by atomic mass is 10.1. The molecule has 0 saturated carbocycles. The molecule has 0 aromatic heterocycles. The Labute approximate surface area is 136 Å². The topological polar surface area (TPSA) is 53.7 Å². The van der Waals surface area contributed by atoms with Crippen molar-refractivity contribution >= 4 is 8.80 Å². The van der Waals surface area contributed by atoms with Crippen LogP contribution in [0.4, 0.5) is 0 Å². The van der Waals surface area contributed by atoms with Crippen LogP contribution >= 0.6 is 0 Å². The summed E-state index contributed by atoms with van der Waals surface area (Å²) >= 11 is 0. The summed E-state index contributed by atoms with van der Waals surface area (Å²) in [5.74, 6) is 0. The van der Waals surface area contributed by atoms with E-state index in [1.807, 2.05) is 26.8 Å². The van der Waals surface area contributed by atoms with Gasteiger partial charge in [0.15, 0.2) is 0 Å². The molecule has 126 valence electrons. The fourth-order valence-corrected chi connectivity index (χ4v) is 5.98. The van der Waals surface area contributed by atoms with Crippen molar-refractivity contribution in [2.45, 2.75) is 45.6 Å². The van der Waals surface area contributed by atoms with Crippen LogP contribution in [0, 0.1) is 0 Å². The summed E-state index contributed by atoms with van der Waals surface area (Å²) < 4.78 is 18.4. The van der Waals surface area contributed by atoms with Crippen molar-refractivity contribution in [2.24, 2.45) is 5.73 Å². The quantitative estimate of drug-likeness (QED) is 0.472. The van der Waals surface area contributed by atoms with E-state index in [2.05, 4.69) is 24.3 Å². The summed E-state index contributed by atoms with van der Waals surface area (Å²) in [6.07, 6.45) is 3.05. The Morgan fingerprint density at radius 2 is 1.45 bits per heavy atom. The largest absolute Gasteiger partial charge is 0.508 e. The highest BCUT2D eigenvalue weighted by molar-refractivity contribution is 6.62. The van der Waals surface area contributed by atoms with Crippen molar-refractivity contribution in [1.82, 2.24) is 0 Å². The minimum absolute atomic E-state index is 0.167. The molecule has 1 atom stereocenters. The first-order valence-electron chi connectivity index (χ1n) is 8.40. The van der Waals surface area contributed by atoms with Gasteiger partial charge in [-0.2, -0.15) is 0 Å². The maximum Gasteiger partial charge on any atom is 0.508 e. The van der Waals surface area contributed by atoms with Gasteiger partial charge in [-0.25, -0.2) is 0 Å². The lowest BCUT2D eigenvalue weighted by molar-refractivity contribution is 0.0603. The van der Waals surface area contributed by atoms with Crippen LogP contribution in [0.25, 0.3) is 0 Å². The van der Waals surface area contributed by atoms with Gasteiger partial charge in [-0.15, -0.1) is 0 Å². The first-order valence-corrected chi connectivity index (χ1v) is 10.2. The van der Waals surface area contributed by atoms with Gasteiger partial charge in [0.25, 0.3) is 0 Å². The van der Waals surface area contributed by atoms with Crippen LogP contribution < -0.4 is 5.73 Å². The molecule has 0 amide bonds. The van der Waals surface area contributed by atoms with Gasteiger partial charge in [0.2, 0.25) is 0 Å². The second kappa shape index (κ2) is 10.9. The summed E-state index contributed by atoms with van der Waals surface area (Å²) in [6.45, 7) is 8.53. The number of nitrogens with two attached hydrogens (primary N) is 1. The average Bonchev–Trinajstić information content (AvgIpc) is 2.53. The molecule has 0 heterocycles. The predicted octanol–water partition coefficient (Wildman–Crippen LogP) is 3.49. The third-order valence-electron chi connectivity index (χ3n) is 3.61. The highest BCUT2D eigenvalue weighted by Crippen LogP contribution is 2.34. The normalized spacial score (nSPS) is 13.3. The minimum atomic E-state index is -2.76. The molecule has 0 aliphatic heterocycles. The number of benzene rings is 1. The molecule has 0 spiro atoms. The summed E-state index contributed by atoms with van der Waals surface area (Å²) in [4.78, 5) is 0.